The van der Waals surface area contributed by atoms with E-state index >= 15 is 0 Å². The minimum absolute atomic E-state index is 0.808. The zero-order valence-electron chi connectivity index (χ0n) is 9.88. The highest BCUT2D eigenvalue weighted by atomic mass is 32.3. The molecule has 0 fully saturated rings. The van der Waals surface area contributed by atoms with Crippen molar-refractivity contribution in [3.05, 3.63) is 29.8 Å². The topological polar surface area (TPSA) is 66.4 Å². The van der Waals surface area contributed by atoms with Gasteiger partial charge in [0, 0.05) is 12.1 Å². The van der Waals surface area contributed by atoms with Gasteiger partial charge in [-0.25, -0.2) is 8.42 Å². The standard InChI is InChI=1S/C10H13S.CH4O4S/c1-3-4-9-5-7-10(11-2)8-6-9;1-5-6(2,3)4/h5-8H,2-4H2,1H3;1H3,(H,2,3,4)/q+1;/p-1. The maximum atomic E-state index is 9.22. The molecule has 1 rings (SSSR count). The Morgan fingerprint density at radius 1 is 1.35 bits per heavy atom. The summed E-state index contributed by atoms with van der Waals surface area (Å²) in [5.74, 6) is 3.75. The fourth-order valence-electron chi connectivity index (χ4n) is 1.04. The Balaban J connectivity index is 0.000000366. The largest absolute Gasteiger partial charge is 0.726 e. The van der Waals surface area contributed by atoms with Crippen molar-refractivity contribution in [1.82, 2.24) is 0 Å². The summed E-state index contributed by atoms with van der Waals surface area (Å²) in [6, 6.07) is 8.61. The van der Waals surface area contributed by atoms with Crippen molar-refractivity contribution in [3.8, 4) is 0 Å². The Hall–Kier alpha value is -0.820. The Labute approximate surface area is 107 Å². The molecule has 0 heterocycles. The number of benzene rings is 1. The van der Waals surface area contributed by atoms with Crippen LogP contribution in [0, 0.1) is 0 Å². The molecule has 0 amide bonds. The minimum atomic E-state index is -4.41. The summed E-state index contributed by atoms with van der Waals surface area (Å²) in [6.45, 7) is 2.20. The van der Waals surface area contributed by atoms with Crippen LogP contribution in [0.4, 0.5) is 0 Å². The van der Waals surface area contributed by atoms with Crippen molar-refractivity contribution < 1.29 is 17.2 Å². The third-order valence-electron chi connectivity index (χ3n) is 1.83. The fourth-order valence-corrected chi connectivity index (χ4v) is 1.37. The molecule has 0 spiro atoms. The van der Waals surface area contributed by atoms with Crippen LogP contribution in [0.5, 0.6) is 0 Å². The Morgan fingerprint density at radius 2 is 1.82 bits per heavy atom. The number of aryl methyl sites for hydroxylation is 1. The lowest BCUT2D eigenvalue weighted by molar-refractivity contribution is 0.314. The second kappa shape index (κ2) is 8.30. The molecule has 0 aliphatic carbocycles. The van der Waals surface area contributed by atoms with Crippen molar-refractivity contribution in [2.24, 2.45) is 0 Å². The molecule has 0 radical (unpaired) electrons. The van der Waals surface area contributed by atoms with Crippen LogP contribution in [0.25, 0.3) is 0 Å². The summed E-state index contributed by atoms with van der Waals surface area (Å²) in [6.07, 6.45) is 2.40. The molecule has 0 N–H and O–H groups in total. The summed E-state index contributed by atoms with van der Waals surface area (Å²) in [5.41, 5.74) is 1.42. The summed E-state index contributed by atoms with van der Waals surface area (Å²) in [7, 11) is -3.60. The second-order valence-corrected chi connectivity index (χ2v) is 5.02. The van der Waals surface area contributed by atoms with E-state index in [1.165, 1.54) is 23.3 Å². The van der Waals surface area contributed by atoms with Crippen LogP contribution >= 0.6 is 0 Å². The van der Waals surface area contributed by atoms with E-state index in [4.69, 9.17) is 0 Å². The molecule has 96 valence electrons. The number of hydrogen-bond donors (Lipinski definition) is 0. The molecule has 6 heteroatoms. The lowest BCUT2D eigenvalue weighted by Crippen LogP contribution is -1.97. The predicted molar refractivity (Wildman–Crippen MR) is 69.9 cm³/mol. The first-order valence-electron chi connectivity index (χ1n) is 4.95. The molecule has 0 unspecified atom stereocenters. The Morgan fingerprint density at radius 3 is 2.12 bits per heavy atom. The van der Waals surface area contributed by atoms with Crippen LogP contribution in [0.2, 0.25) is 0 Å². The minimum Gasteiger partial charge on any atom is -0.726 e. The second-order valence-electron chi connectivity index (χ2n) is 3.11. The van der Waals surface area contributed by atoms with Crippen LogP contribution in [0.3, 0.4) is 0 Å². The van der Waals surface area contributed by atoms with E-state index in [9.17, 15) is 13.0 Å². The third-order valence-corrected chi connectivity index (χ3v) is 2.85. The summed E-state index contributed by atoms with van der Waals surface area (Å²) < 4.78 is 31.0. The van der Waals surface area contributed by atoms with Gasteiger partial charge in [0.05, 0.1) is 7.11 Å². The van der Waals surface area contributed by atoms with E-state index in [-0.39, 0.29) is 0 Å². The molecule has 0 bridgehead atoms. The van der Waals surface area contributed by atoms with Crippen LogP contribution in [-0.2, 0) is 32.4 Å². The van der Waals surface area contributed by atoms with E-state index in [1.54, 1.807) is 11.4 Å². The van der Waals surface area contributed by atoms with Crippen LogP contribution in [0.15, 0.2) is 29.2 Å². The lowest BCUT2D eigenvalue weighted by atomic mass is 10.1. The molecule has 0 saturated heterocycles. The fraction of sp³-hybridized carbons (Fsp3) is 0.364. The molecule has 0 atom stereocenters. The Kier molecular flexibility index (Phi) is 7.90. The normalized spacial score (nSPS) is 10.3. The lowest BCUT2D eigenvalue weighted by Gasteiger charge is -1.98. The van der Waals surface area contributed by atoms with Crippen molar-refractivity contribution in [2.45, 2.75) is 24.7 Å². The van der Waals surface area contributed by atoms with Gasteiger partial charge in [0.2, 0.25) is 26.6 Å². The molecule has 0 aliphatic heterocycles. The average Bonchev–Trinajstić information content (AvgIpc) is 2.30. The van der Waals surface area contributed by atoms with Gasteiger partial charge in [-0.15, -0.1) is 0 Å². The smallest absolute Gasteiger partial charge is 0.230 e. The van der Waals surface area contributed by atoms with Gasteiger partial charge in [-0.2, -0.15) is 0 Å². The molecular formula is C11H16O4S2. The zero-order valence-corrected chi connectivity index (χ0v) is 11.5. The van der Waals surface area contributed by atoms with Gasteiger partial charge in [0.25, 0.3) is 0 Å². The third kappa shape index (κ3) is 8.93. The first-order valence-corrected chi connectivity index (χ1v) is 7.27. The van der Waals surface area contributed by atoms with Gasteiger partial charge < -0.3 is 4.55 Å². The molecule has 1 aromatic carbocycles. The summed E-state index contributed by atoms with van der Waals surface area (Å²) in [5, 5.41) is 0. The molecule has 1 aromatic rings. The van der Waals surface area contributed by atoms with Crippen molar-refractivity contribution in [1.29, 1.82) is 0 Å². The highest BCUT2D eigenvalue weighted by Gasteiger charge is 1.97. The van der Waals surface area contributed by atoms with Crippen molar-refractivity contribution in [2.75, 3.05) is 7.11 Å². The molecule has 0 aromatic heterocycles. The van der Waals surface area contributed by atoms with Crippen LogP contribution in [-0.4, -0.2) is 26.0 Å². The van der Waals surface area contributed by atoms with Crippen molar-refractivity contribution >= 4 is 27.6 Å². The highest BCUT2D eigenvalue weighted by Crippen LogP contribution is 2.05. The molecule has 0 saturated carbocycles. The van der Waals surface area contributed by atoms with Gasteiger partial charge >= 0.3 is 0 Å². The highest BCUT2D eigenvalue weighted by molar-refractivity contribution is 7.80. The van der Waals surface area contributed by atoms with Crippen LogP contribution < -0.4 is 0 Å². The van der Waals surface area contributed by atoms with E-state index in [1.807, 2.05) is 0 Å². The van der Waals surface area contributed by atoms with E-state index < -0.39 is 10.4 Å². The van der Waals surface area contributed by atoms with Crippen molar-refractivity contribution in [3.63, 3.8) is 0 Å². The van der Waals surface area contributed by atoms with E-state index in [0.29, 0.717) is 0 Å². The number of hydrogen-bond acceptors (Lipinski definition) is 4. The maximum absolute atomic E-state index is 9.22. The molecule has 4 nitrogen and oxygen atoms in total. The quantitative estimate of drug-likeness (QED) is 0.363. The van der Waals surface area contributed by atoms with Gasteiger partial charge in [-0.1, -0.05) is 25.5 Å². The monoisotopic (exact) mass is 276 g/mol. The van der Waals surface area contributed by atoms with Crippen LogP contribution in [0.1, 0.15) is 18.9 Å². The molecule has 0 aliphatic rings. The SMILES string of the molecule is C=[S+]c1ccc(CCC)cc1.COS(=O)(=O)[O-]. The molecular weight excluding hydrogens is 260 g/mol. The van der Waals surface area contributed by atoms with E-state index in [2.05, 4.69) is 41.2 Å². The zero-order chi connectivity index (χ0) is 13.3. The summed E-state index contributed by atoms with van der Waals surface area (Å²) in [4.78, 5) is 1.24. The first-order chi connectivity index (χ1) is 7.92. The van der Waals surface area contributed by atoms with Gasteiger partial charge in [0.1, 0.15) is 0 Å². The average molecular weight is 276 g/mol. The summed E-state index contributed by atoms with van der Waals surface area (Å²) >= 11 is 1.55. The first kappa shape index (κ1) is 16.2. The predicted octanol–water partition coefficient (Wildman–Crippen LogP) is 1.61. The van der Waals surface area contributed by atoms with Gasteiger partial charge in [-0.05, 0) is 12.0 Å². The van der Waals surface area contributed by atoms with Gasteiger partial charge in [-0.3, -0.25) is 4.18 Å². The maximum Gasteiger partial charge on any atom is 0.230 e. The molecule has 17 heavy (non-hydrogen) atoms. The van der Waals surface area contributed by atoms with Gasteiger partial charge in [0.15, 0.2) is 5.87 Å². The number of rotatable bonds is 4. The van der Waals surface area contributed by atoms with E-state index in [0.717, 1.165) is 7.11 Å². The Bertz CT molecular complexity index is 423.